The van der Waals surface area contributed by atoms with Crippen molar-refractivity contribution >= 4 is 23.6 Å². The van der Waals surface area contributed by atoms with E-state index in [0.717, 1.165) is 4.90 Å². The van der Waals surface area contributed by atoms with E-state index in [0.29, 0.717) is 26.4 Å². The summed E-state index contributed by atoms with van der Waals surface area (Å²) in [6.07, 6.45) is 2.60. The van der Waals surface area contributed by atoms with Crippen molar-refractivity contribution in [3.63, 3.8) is 0 Å². The summed E-state index contributed by atoms with van der Waals surface area (Å²) in [5.41, 5.74) is 2.17. The van der Waals surface area contributed by atoms with Crippen LogP contribution >= 0.6 is 0 Å². The molecule has 25 heavy (non-hydrogen) atoms. The summed E-state index contributed by atoms with van der Waals surface area (Å²) in [7, 11) is 1.36. The molecule has 140 valence electrons. The predicted molar refractivity (Wildman–Crippen MR) is 84.9 cm³/mol. The minimum atomic E-state index is -0.402. The van der Waals surface area contributed by atoms with Crippen molar-refractivity contribution in [1.29, 1.82) is 0 Å². The number of imide groups is 1. The molecule has 0 aromatic rings. The lowest BCUT2D eigenvalue weighted by Gasteiger charge is -2.13. The molecule has 0 bridgehead atoms. The highest BCUT2D eigenvalue weighted by atomic mass is 16.6. The smallest absolute Gasteiger partial charge is 0.253 e. The maximum atomic E-state index is 11.6. The first kappa shape index (κ1) is 20.7. The monoisotopic (exact) mass is 357 g/mol. The molecule has 0 aromatic carbocycles. The zero-order valence-electron chi connectivity index (χ0n) is 14.1. The van der Waals surface area contributed by atoms with E-state index in [2.05, 4.69) is 15.6 Å². The van der Waals surface area contributed by atoms with Gasteiger partial charge in [-0.3, -0.25) is 28.9 Å². The second-order valence-corrected chi connectivity index (χ2v) is 4.97. The fraction of sp³-hybridized carbons (Fsp3) is 0.600. The Hall–Kier alpha value is -2.30. The molecular weight excluding hydrogens is 334 g/mol. The molecule has 0 radical (unpaired) electrons. The molecule has 0 aromatic heterocycles. The van der Waals surface area contributed by atoms with E-state index >= 15 is 0 Å². The van der Waals surface area contributed by atoms with Crippen LogP contribution in [0.4, 0.5) is 0 Å². The number of amides is 4. The van der Waals surface area contributed by atoms with Crippen LogP contribution in [0.25, 0.3) is 0 Å². The van der Waals surface area contributed by atoms with Crippen LogP contribution in [-0.2, 0) is 33.5 Å². The second-order valence-electron chi connectivity index (χ2n) is 4.97. The Balaban J connectivity index is 1.91. The molecule has 0 fully saturated rings. The van der Waals surface area contributed by atoms with Crippen LogP contribution in [0.15, 0.2) is 12.2 Å². The van der Waals surface area contributed by atoms with E-state index in [1.807, 2.05) is 0 Å². The Morgan fingerprint density at radius 1 is 0.960 bits per heavy atom. The van der Waals surface area contributed by atoms with E-state index in [9.17, 15) is 19.2 Å². The molecule has 1 heterocycles. The van der Waals surface area contributed by atoms with Gasteiger partial charge < -0.3 is 14.8 Å². The normalized spacial score (nSPS) is 13.4. The molecule has 10 nitrogen and oxygen atoms in total. The molecule has 10 heteroatoms. The van der Waals surface area contributed by atoms with Gasteiger partial charge in [0.25, 0.3) is 11.8 Å². The van der Waals surface area contributed by atoms with Gasteiger partial charge in [-0.2, -0.15) is 0 Å². The summed E-state index contributed by atoms with van der Waals surface area (Å²) in [6, 6.07) is 0. The van der Waals surface area contributed by atoms with Crippen LogP contribution in [-0.4, -0.2) is 75.2 Å². The van der Waals surface area contributed by atoms with Gasteiger partial charge in [-0.1, -0.05) is 0 Å². The average Bonchev–Trinajstić information content (AvgIpc) is 2.90. The lowest BCUT2D eigenvalue weighted by Crippen LogP contribution is -2.35. The molecule has 1 aliphatic rings. The molecule has 2 N–H and O–H groups in total. The molecule has 0 unspecified atom stereocenters. The van der Waals surface area contributed by atoms with Gasteiger partial charge in [0.05, 0.1) is 40.0 Å². The number of carbonyl (C=O) groups excluding carboxylic acids is 4. The summed E-state index contributed by atoms with van der Waals surface area (Å²) in [5, 5.41) is 2.63. The van der Waals surface area contributed by atoms with E-state index in [1.165, 1.54) is 19.3 Å². The predicted octanol–water partition coefficient (Wildman–Crippen LogP) is -1.48. The highest BCUT2D eigenvalue weighted by molar-refractivity contribution is 6.13. The van der Waals surface area contributed by atoms with Crippen LogP contribution in [0.2, 0.25) is 0 Å². The van der Waals surface area contributed by atoms with Gasteiger partial charge in [-0.05, 0) is 0 Å². The van der Waals surface area contributed by atoms with E-state index in [4.69, 9.17) is 9.47 Å². The minimum absolute atomic E-state index is 0.0474. The van der Waals surface area contributed by atoms with Crippen molar-refractivity contribution in [2.45, 2.75) is 12.8 Å². The van der Waals surface area contributed by atoms with Gasteiger partial charge in [-0.25, -0.2) is 5.48 Å². The lowest BCUT2D eigenvalue weighted by atomic mass is 10.3. The number of nitrogens with zero attached hydrogens (tertiary/aromatic N) is 1. The summed E-state index contributed by atoms with van der Waals surface area (Å²) in [5.74, 6) is -1.34. The summed E-state index contributed by atoms with van der Waals surface area (Å²) >= 11 is 0. The van der Waals surface area contributed by atoms with Gasteiger partial charge in [0.1, 0.15) is 0 Å². The van der Waals surface area contributed by atoms with Crippen molar-refractivity contribution < 1.29 is 33.5 Å². The molecule has 0 atom stereocenters. The Kier molecular flexibility index (Phi) is 10.1. The number of nitrogens with one attached hydrogen (secondary N) is 2. The van der Waals surface area contributed by atoms with Crippen molar-refractivity contribution in [3.8, 4) is 0 Å². The van der Waals surface area contributed by atoms with Crippen LogP contribution < -0.4 is 10.8 Å². The average molecular weight is 357 g/mol. The first-order valence-electron chi connectivity index (χ1n) is 7.82. The van der Waals surface area contributed by atoms with Gasteiger partial charge in [0, 0.05) is 31.7 Å². The molecule has 1 aliphatic heterocycles. The standard InChI is InChI=1S/C15H23N3O7/c1-23-17-13(20)5-8-24-10-11-25-9-6-16-12(19)4-7-18-14(21)2-3-15(18)22/h2-3H,4-11H2,1H3,(H,16,19)(H,17,20). The number of hydroxylamine groups is 1. The van der Waals surface area contributed by atoms with E-state index in [-0.39, 0.29) is 37.8 Å². The Labute approximate surface area is 145 Å². The van der Waals surface area contributed by atoms with E-state index in [1.54, 1.807) is 0 Å². The first-order chi connectivity index (χ1) is 12.0. The number of hydrogen-bond donors (Lipinski definition) is 2. The molecule has 0 saturated carbocycles. The lowest BCUT2D eigenvalue weighted by molar-refractivity contribution is -0.137. The van der Waals surface area contributed by atoms with Crippen molar-refractivity contribution in [2.75, 3.05) is 46.6 Å². The van der Waals surface area contributed by atoms with Gasteiger partial charge >= 0.3 is 0 Å². The highest BCUT2D eigenvalue weighted by Crippen LogP contribution is 2.03. The van der Waals surface area contributed by atoms with Crippen LogP contribution in [0.5, 0.6) is 0 Å². The molecule has 1 rings (SSSR count). The van der Waals surface area contributed by atoms with Gasteiger partial charge in [0.15, 0.2) is 0 Å². The Morgan fingerprint density at radius 2 is 1.60 bits per heavy atom. The molecule has 4 amide bonds. The summed E-state index contributed by atoms with van der Waals surface area (Å²) in [4.78, 5) is 50.7. The summed E-state index contributed by atoms with van der Waals surface area (Å²) in [6.45, 7) is 1.61. The minimum Gasteiger partial charge on any atom is -0.379 e. The van der Waals surface area contributed by atoms with Crippen LogP contribution in [0.1, 0.15) is 12.8 Å². The fourth-order valence-corrected chi connectivity index (χ4v) is 1.87. The zero-order chi connectivity index (χ0) is 18.5. The summed E-state index contributed by atoms with van der Waals surface area (Å²) < 4.78 is 10.4. The van der Waals surface area contributed by atoms with E-state index < -0.39 is 11.8 Å². The molecule has 0 spiro atoms. The van der Waals surface area contributed by atoms with Crippen molar-refractivity contribution in [3.05, 3.63) is 12.2 Å². The van der Waals surface area contributed by atoms with Gasteiger partial charge in [-0.15, -0.1) is 0 Å². The Morgan fingerprint density at radius 3 is 2.24 bits per heavy atom. The second kappa shape index (κ2) is 12.1. The number of hydrogen-bond acceptors (Lipinski definition) is 7. The third-order valence-corrected chi connectivity index (χ3v) is 3.09. The SMILES string of the molecule is CONC(=O)CCOCCOCCNC(=O)CCN1C(=O)C=CC1=O. The maximum Gasteiger partial charge on any atom is 0.253 e. The third kappa shape index (κ3) is 8.94. The number of ether oxygens (including phenoxy) is 2. The zero-order valence-corrected chi connectivity index (χ0v) is 14.1. The third-order valence-electron chi connectivity index (χ3n) is 3.09. The highest BCUT2D eigenvalue weighted by Gasteiger charge is 2.23. The Bertz CT molecular complexity index is 489. The number of carbonyl (C=O) groups is 4. The fourth-order valence-electron chi connectivity index (χ4n) is 1.87. The topological polar surface area (TPSA) is 123 Å². The molecule has 0 aliphatic carbocycles. The quantitative estimate of drug-likeness (QED) is 0.234. The molecule has 0 saturated heterocycles. The van der Waals surface area contributed by atoms with Crippen molar-refractivity contribution in [2.24, 2.45) is 0 Å². The molecular formula is C15H23N3O7. The number of rotatable bonds is 13. The van der Waals surface area contributed by atoms with Crippen LogP contribution in [0.3, 0.4) is 0 Å². The van der Waals surface area contributed by atoms with Crippen LogP contribution in [0, 0.1) is 0 Å². The van der Waals surface area contributed by atoms with Crippen molar-refractivity contribution in [1.82, 2.24) is 15.7 Å². The van der Waals surface area contributed by atoms with Gasteiger partial charge in [0.2, 0.25) is 11.8 Å². The largest absolute Gasteiger partial charge is 0.379 e. The first-order valence-corrected chi connectivity index (χ1v) is 7.82. The maximum absolute atomic E-state index is 11.6.